The van der Waals surface area contributed by atoms with Crippen molar-refractivity contribution >= 4 is 33.6 Å². The summed E-state index contributed by atoms with van der Waals surface area (Å²) in [6, 6.07) is 8.17. The molecular formula is C16H19BrN4O2S. The van der Waals surface area contributed by atoms with E-state index in [2.05, 4.69) is 30.7 Å². The summed E-state index contributed by atoms with van der Waals surface area (Å²) in [7, 11) is 1.79. The molecule has 1 aliphatic rings. The number of rotatable bonds is 8. The van der Waals surface area contributed by atoms with Gasteiger partial charge in [-0.2, -0.15) is 0 Å². The number of carbonyl (C=O) groups excluding carboxylic acids is 1. The Hall–Kier alpha value is -1.54. The smallest absolute Gasteiger partial charge is 0.232 e. The third-order valence-electron chi connectivity index (χ3n) is 3.74. The molecule has 0 aliphatic heterocycles. The van der Waals surface area contributed by atoms with Gasteiger partial charge in [-0.05, 0) is 37.1 Å². The molecule has 0 spiro atoms. The summed E-state index contributed by atoms with van der Waals surface area (Å²) >= 11 is 4.83. The largest absolute Gasteiger partial charge is 0.492 e. The average Bonchev–Trinajstić information content (AvgIpc) is 3.32. The highest BCUT2D eigenvalue weighted by atomic mass is 79.9. The fraction of sp³-hybridized carbons (Fsp3) is 0.438. The minimum absolute atomic E-state index is 0.0600. The number of nitrogens with zero attached hydrogens (tertiary/aromatic N) is 4. The maximum absolute atomic E-state index is 12.2. The highest BCUT2D eigenvalue weighted by Crippen LogP contribution is 2.37. The topological polar surface area (TPSA) is 60.2 Å². The zero-order valence-electron chi connectivity index (χ0n) is 13.4. The van der Waals surface area contributed by atoms with Crippen LogP contribution in [0.3, 0.4) is 0 Å². The lowest BCUT2D eigenvalue weighted by atomic mass is 10.3. The SMILES string of the molecule is CN(CCOc1ccc(Br)cc1)C(=O)CSc1nncn1C1CC1. The molecule has 6 nitrogen and oxygen atoms in total. The number of likely N-dealkylation sites (N-methyl/N-ethyl adjacent to an activating group) is 1. The van der Waals surface area contributed by atoms with Crippen LogP contribution in [0.2, 0.25) is 0 Å². The molecule has 0 atom stereocenters. The lowest BCUT2D eigenvalue weighted by Gasteiger charge is -2.17. The molecule has 128 valence electrons. The summed E-state index contributed by atoms with van der Waals surface area (Å²) in [5.41, 5.74) is 0. The third kappa shape index (κ3) is 4.73. The normalized spacial score (nSPS) is 13.8. The molecule has 3 rings (SSSR count). The second-order valence-corrected chi connectivity index (χ2v) is 7.52. The van der Waals surface area contributed by atoms with E-state index in [0.717, 1.165) is 15.4 Å². The first-order valence-corrected chi connectivity index (χ1v) is 9.56. The lowest BCUT2D eigenvalue weighted by molar-refractivity contribution is -0.127. The first kappa shape index (κ1) is 17.3. The quantitative estimate of drug-likeness (QED) is 0.625. The monoisotopic (exact) mass is 410 g/mol. The Morgan fingerprint density at radius 2 is 2.17 bits per heavy atom. The number of hydrogen-bond donors (Lipinski definition) is 0. The molecule has 24 heavy (non-hydrogen) atoms. The van der Waals surface area contributed by atoms with Gasteiger partial charge in [-0.15, -0.1) is 10.2 Å². The highest BCUT2D eigenvalue weighted by molar-refractivity contribution is 9.10. The van der Waals surface area contributed by atoms with Crippen LogP contribution in [-0.2, 0) is 4.79 Å². The van der Waals surface area contributed by atoms with Crippen molar-refractivity contribution in [3.05, 3.63) is 35.1 Å². The van der Waals surface area contributed by atoms with Gasteiger partial charge in [0.2, 0.25) is 5.91 Å². The Morgan fingerprint density at radius 3 is 2.88 bits per heavy atom. The number of benzene rings is 1. The molecule has 8 heteroatoms. The Morgan fingerprint density at radius 1 is 1.42 bits per heavy atom. The van der Waals surface area contributed by atoms with Crippen LogP contribution >= 0.6 is 27.7 Å². The van der Waals surface area contributed by atoms with Crippen molar-refractivity contribution in [1.82, 2.24) is 19.7 Å². The molecule has 1 heterocycles. The van der Waals surface area contributed by atoms with Crippen LogP contribution < -0.4 is 4.74 Å². The van der Waals surface area contributed by atoms with Crippen LogP contribution in [0.25, 0.3) is 0 Å². The number of halogens is 1. The molecule has 1 fully saturated rings. The predicted octanol–water partition coefficient (Wildman–Crippen LogP) is 3.01. The molecule has 0 unspecified atom stereocenters. The summed E-state index contributed by atoms with van der Waals surface area (Å²) < 4.78 is 8.72. The van der Waals surface area contributed by atoms with E-state index in [1.54, 1.807) is 18.3 Å². The van der Waals surface area contributed by atoms with E-state index in [1.165, 1.54) is 24.6 Å². The summed E-state index contributed by atoms with van der Waals surface area (Å²) in [4.78, 5) is 13.9. The van der Waals surface area contributed by atoms with Crippen LogP contribution in [-0.4, -0.2) is 51.5 Å². The van der Waals surface area contributed by atoms with Gasteiger partial charge in [0.1, 0.15) is 18.7 Å². The van der Waals surface area contributed by atoms with E-state index in [4.69, 9.17) is 4.74 Å². The van der Waals surface area contributed by atoms with Crippen molar-refractivity contribution in [2.45, 2.75) is 24.0 Å². The van der Waals surface area contributed by atoms with Crippen LogP contribution in [0.4, 0.5) is 0 Å². The zero-order valence-corrected chi connectivity index (χ0v) is 15.8. The van der Waals surface area contributed by atoms with Crippen molar-refractivity contribution < 1.29 is 9.53 Å². The second kappa shape index (κ2) is 8.02. The molecule has 1 aromatic heterocycles. The van der Waals surface area contributed by atoms with Crippen molar-refractivity contribution in [2.75, 3.05) is 26.0 Å². The Bertz CT molecular complexity index is 688. The van der Waals surface area contributed by atoms with Gasteiger partial charge < -0.3 is 14.2 Å². The molecule has 2 aromatic rings. The molecule has 0 bridgehead atoms. The van der Waals surface area contributed by atoms with E-state index in [0.29, 0.717) is 24.9 Å². The van der Waals surface area contributed by atoms with Gasteiger partial charge in [-0.25, -0.2) is 0 Å². The first-order chi connectivity index (χ1) is 11.6. The van der Waals surface area contributed by atoms with E-state index < -0.39 is 0 Å². The van der Waals surface area contributed by atoms with E-state index >= 15 is 0 Å². The van der Waals surface area contributed by atoms with Crippen LogP contribution in [0.1, 0.15) is 18.9 Å². The predicted molar refractivity (Wildman–Crippen MR) is 96.3 cm³/mol. The van der Waals surface area contributed by atoms with Gasteiger partial charge in [0.25, 0.3) is 0 Å². The number of ether oxygens (including phenoxy) is 1. The van der Waals surface area contributed by atoms with Crippen LogP contribution in [0.15, 0.2) is 40.2 Å². The van der Waals surface area contributed by atoms with Gasteiger partial charge in [-0.3, -0.25) is 4.79 Å². The Labute approximate surface area is 153 Å². The molecule has 0 radical (unpaired) electrons. The summed E-state index contributed by atoms with van der Waals surface area (Å²) in [5, 5.41) is 8.86. The third-order valence-corrected chi connectivity index (χ3v) is 5.21. The van der Waals surface area contributed by atoms with Gasteiger partial charge in [-0.1, -0.05) is 27.7 Å². The summed E-state index contributed by atoms with van der Waals surface area (Å²) in [6.07, 6.45) is 4.10. The molecule has 0 saturated heterocycles. The van der Waals surface area contributed by atoms with Gasteiger partial charge >= 0.3 is 0 Å². The number of hydrogen-bond acceptors (Lipinski definition) is 5. The Kier molecular flexibility index (Phi) is 5.78. The lowest BCUT2D eigenvalue weighted by Crippen LogP contribution is -2.32. The maximum Gasteiger partial charge on any atom is 0.232 e. The molecule has 1 saturated carbocycles. The van der Waals surface area contributed by atoms with E-state index in [-0.39, 0.29) is 5.91 Å². The standard InChI is InChI=1S/C16H19BrN4O2S/c1-20(8-9-23-14-6-2-12(17)3-7-14)15(22)10-24-16-19-18-11-21(16)13-4-5-13/h2-3,6-7,11,13H,4-5,8-10H2,1H3. The number of amides is 1. The second-order valence-electron chi connectivity index (χ2n) is 5.66. The minimum Gasteiger partial charge on any atom is -0.492 e. The van der Waals surface area contributed by atoms with E-state index in [1.807, 2.05) is 24.3 Å². The van der Waals surface area contributed by atoms with Gasteiger partial charge in [0.15, 0.2) is 5.16 Å². The number of carbonyl (C=O) groups is 1. The number of aromatic nitrogens is 3. The fourth-order valence-corrected chi connectivity index (χ4v) is 3.32. The summed E-state index contributed by atoms with van der Waals surface area (Å²) in [6.45, 7) is 1.01. The van der Waals surface area contributed by atoms with Crippen molar-refractivity contribution in [2.24, 2.45) is 0 Å². The molecule has 1 aromatic carbocycles. The zero-order chi connectivity index (χ0) is 16.9. The van der Waals surface area contributed by atoms with E-state index in [9.17, 15) is 4.79 Å². The van der Waals surface area contributed by atoms with Crippen LogP contribution in [0.5, 0.6) is 5.75 Å². The Balaban J connectivity index is 1.39. The first-order valence-electron chi connectivity index (χ1n) is 7.78. The van der Waals surface area contributed by atoms with Crippen molar-refractivity contribution in [3.63, 3.8) is 0 Å². The van der Waals surface area contributed by atoms with Crippen molar-refractivity contribution in [3.8, 4) is 5.75 Å². The van der Waals surface area contributed by atoms with Crippen LogP contribution in [0, 0.1) is 0 Å². The van der Waals surface area contributed by atoms with Crippen molar-refractivity contribution in [1.29, 1.82) is 0 Å². The average molecular weight is 411 g/mol. The molecule has 1 aliphatic carbocycles. The maximum atomic E-state index is 12.2. The molecule has 0 N–H and O–H groups in total. The molecule has 1 amide bonds. The summed E-state index contributed by atoms with van der Waals surface area (Å²) in [5.74, 6) is 1.22. The minimum atomic E-state index is 0.0600. The van der Waals surface area contributed by atoms with Gasteiger partial charge in [0, 0.05) is 17.6 Å². The highest BCUT2D eigenvalue weighted by Gasteiger charge is 2.26. The fourth-order valence-electron chi connectivity index (χ4n) is 2.13. The molecular weight excluding hydrogens is 392 g/mol. The number of thioether (sulfide) groups is 1. The van der Waals surface area contributed by atoms with Gasteiger partial charge in [0.05, 0.1) is 12.3 Å².